The third-order valence-corrected chi connectivity index (χ3v) is 3.92. The number of aromatic amines is 1. The molecule has 0 atom stereocenters. The molecule has 2 N–H and O–H groups in total. The van der Waals surface area contributed by atoms with Crippen molar-refractivity contribution in [1.82, 2.24) is 20.1 Å². The van der Waals surface area contributed by atoms with Crippen LogP contribution < -0.4 is 10.9 Å². The lowest BCUT2D eigenvalue weighted by Gasteiger charge is -2.27. The van der Waals surface area contributed by atoms with E-state index in [1.165, 1.54) is 0 Å². The van der Waals surface area contributed by atoms with Crippen molar-refractivity contribution in [3.8, 4) is 0 Å². The molecule has 1 aliphatic heterocycles. The van der Waals surface area contributed by atoms with E-state index in [0.717, 1.165) is 16.8 Å². The van der Waals surface area contributed by atoms with E-state index >= 15 is 0 Å². The molecule has 2 aromatic rings. The van der Waals surface area contributed by atoms with Gasteiger partial charge in [0.25, 0.3) is 5.56 Å². The van der Waals surface area contributed by atoms with E-state index in [2.05, 4.69) is 15.4 Å². The minimum Gasteiger partial charge on any atom is -0.377 e. The number of carbonyl (C=O) groups excluding carboxylic acids is 1. The Bertz CT molecular complexity index is 771. The summed E-state index contributed by atoms with van der Waals surface area (Å²) in [5.41, 5.74) is 2.85. The number of pyridine rings is 1. The molecule has 0 radical (unpaired) electrons. The molecule has 1 aliphatic rings. The van der Waals surface area contributed by atoms with Gasteiger partial charge in [0.2, 0.25) is 5.91 Å². The lowest BCUT2D eigenvalue weighted by atomic mass is 10.0. The van der Waals surface area contributed by atoms with Crippen molar-refractivity contribution in [2.24, 2.45) is 7.05 Å². The molecule has 3 rings (SSSR count). The number of nitrogens with zero attached hydrogens (tertiary/aromatic N) is 2. The van der Waals surface area contributed by atoms with E-state index in [1.54, 1.807) is 11.7 Å². The molecule has 3 heterocycles. The molecule has 0 bridgehead atoms. The average Bonchev–Trinajstić information content (AvgIpc) is 2.64. The zero-order chi connectivity index (χ0) is 15.1. The molecule has 1 amide bonds. The van der Waals surface area contributed by atoms with Crippen LogP contribution in [0.15, 0.2) is 4.79 Å². The van der Waals surface area contributed by atoms with Crippen LogP contribution in [0.5, 0.6) is 0 Å². The summed E-state index contributed by atoms with van der Waals surface area (Å²) in [5, 5.41) is 6.15. The number of rotatable bonds is 3. The molecule has 0 aromatic carbocycles. The van der Waals surface area contributed by atoms with Gasteiger partial charge >= 0.3 is 0 Å². The van der Waals surface area contributed by atoms with Crippen LogP contribution >= 0.6 is 0 Å². The summed E-state index contributed by atoms with van der Waals surface area (Å²) < 4.78 is 6.64. The van der Waals surface area contributed by atoms with E-state index < -0.39 is 0 Å². The maximum atomic E-state index is 12.1. The first-order valence-corrected chi connectivity index (χ1v) is 6.89. The normalized spacial score (nSPS) is 15.2. The second kappa shape index (κ2) is 5.00. The third kappa shape index (κ3) is 2.33. The molecule has 21 heavy (non-hydrogen) atoms. The van der Waals surface area contributed by atoms with Gasteiger partial charge in [-0.3, -0.25) is 19.4 Å². The topological polar surface area (TPSA) is 89.0 Å². The number of hydrogen-bond acceptors (Lipinski definition) is 4. The van der Waals surface area contributed by atoms with E-state index in [4.69, 9.17) is 4.74 Å². The number of aromatic nitrogens is 3. The van der Waals surface area contributed by atoms with Gasteiger partial charge in [-0.15, -0.1) is 0 Å². The van der Waals surface area contributed by atoms with Gasteiger partial charge in [0, 0.05) is 12.7 Å². The van der Waals surface area contributed by atoms with Crippen LogP contribution in [0.25, 0.3) is 11.0 Å². The summed E-state index contributed by atoms with van der Waals surface area (Å²) in [6, 6.07) is 0.106. The Kier molecular flexibility index (Phi) is 3.29. The molecule has 0 saturated carbocycles. The average molecular weight is 290 g/mol. The van der Waals surface area contributed by atoms with Gasteiger partial charge in [0.15, 0.2) is 5.65 Å². The highest BCUT2D eigenvalue weighted by Gasteiger charge is 2.22. The lowest BCUT2D eigenvalue weighted by molar-refractivity contribution is -0.124. The largest absolute Gasteiger partial charge is 0.377 e. The molecule has 112 valence electrons. The van der Waals surface area contributed by atoms with Gasteiger partial charge in [-0.2, -0.15) is 0 Å². The van der Waals surface area contributed by atoms with Gasteiger partial charge < -0.3 is 10.1 Å². The molecule has 0 unspecified atom stereocenters. The Morgan fingerprint density at radius 2 is 2.19 bits per heavy atom. The number of ether oxygens (including phenoxy) is 1. The minimum absolute atomic E-state index is 0.0667. The standard InChI is InChI=1S/C14H18N4O3/c1-7-10(4-11(19)16-9-5-21-6-9)8(2)15-13-12(7)14(20)17-18(13)3/h9H,4-6H2,1-3H3,(H,16,19)(H,17,20). The van der Waals surface area contributed by atoms with E-state index in [-0.39, 0.29) is 23.9 Å². The highest BCUT2D eigenvalue weighted by Crippen LogP contribution is 2.20. The van der Waals surface area contributed by atoms with Crippen molar-refractivity contribution in [1.29, 1.82) is 0 Å². The quantitative estimate of drug-likeness (QED) is 0.828. The molecule has 7 nitrogen and oxygen atoms in total. The van der Waals surface area contributed by atoms with Crippen LogP contribution in [0.4, 0.5) is 0 Å². The second-order valence-corrected chi connectivity index (χ2v) is 5.48. The van der Waals surface area contributed by atoms with Gasteiger partial charge in [0.1, 0.15) is 0 Å². The number of fused-ring (bicyclic) bond motifs is 1. The number of amides is 1. The smallest absolute Gasteiger partial charge is 0.273 e. The highest BCUT2D eigenvalue weighted by atomic mass is 16.5. The maximum absolute atomic E-state index is 12.1. The van der Waals surface area contributed by atoms with Crippen molar-refractivity contribution >= 4 is 16.9 Å². The monoisotopic (exact) mass is 290 g/mol. The summed E-state index contributed by atoms with van der Waals surface area (Å²) >= 11 is 0. The first kappa shape index (κ1) is 13.8. The van der Waals surface area contributed by atoms with Crippen molar-refractivity contribution < 1.29 is 9.53 Å². The first-order chi connectivity index (χ1) is 9.97. The predicted molar refractivity (Wildman–Crippen MR) is 77.3 cm³/mol. The molecule has 7 heteroatoms. The van der Waals surface area contributed by atoms with Crippen molar-refractivity contribution in [2.75, 3.05) is 13.2 Å². The van der Waals surface area contributed by atoms with Gasteiger partial charge in [-0.05, 0) is 25.0 Å². The maximum Gasteiger partial charge on any atom is 0.273 e. The number of aryl methyl sites for hydroxylation is 3. The number of carbonyl (C=O) groups is 1. The SMILES string of the molecule is Cc1nc2c(c(C)c1CC(=O)NC1COC1)c(=O)[nH]n2C. The van der Waals surface area contributed by atoms with Crippen LogP contribution in [0, 0.1) is 13.8 Å². The summed E-state index contributed by atoms with van der Waals surface area (Å²) in [4.78, 5) is 28.5. The van der Waals surface area contributed by atoms with Crippen molar-refractivity contribution in [3.05, 3.63) is 27.2 Å². The van der Waals surface area contributed by atoms with Crippen LogP contribution in [-0.2, 0) is 23.0 Å². The van der Waals surface area contributed by atoms with E-state index in [1.807, 2.05) is 13.8 Å². The summed E-state index contributed by atoms with van der Waals surface area (Å²) in [6.07, 6.45) is 0.228. The second-order valence-electron chi connectivity index (χ2n) is 5.48. The fraction of sp³-hybridized carbons (Fsp3) is 0.500. The number of H-pyrrole nitrogens is 1. The van der Waals surface area contributed by atoms with Crippen LogP contribution in [0.1, 0.15) is 16.8 Å². The van der Waals surface area contributed by atoms with E-state index in [9.17, 15) is 9.59 Å². The number of hydrogen-bond donors (Lipinski definition) is 2. The van der Waals surface area contributed by atoms with Gasteiger partial charge in [-0.1, -0.05) is 0 Å². The summed E-state index contributed by atoms with van der Waals surface area (Å²) in [6.45, 7) is 4.86. The lowest BCUT2D eigenvalue weighted by Crippen LogP contribution is -2.49. The van der Waals surface area contributed by atoms with Crippen LogP contribution in [0.3, 0.4) is 0 Å². The Morgan fingerprint density at radius 1 is 1.48 bits per heavy atom. The molecular weight excluding hydrogens is 272 g/mol. The van der Waals surface area contributed by atoms with Crippen LogP contribution in [0.2, 0.25) is 0 Å². The number of nitrogens with one attached hydrogen (secondary N) is 2. The molecule has 2 aromatic heterocycles. The van der Waals surface area contributed by atoms with Gasteiger partial charge in [-0.25, -0.2) is 4.98 Å². The Balaban J connectivity index is 1.96. The summed E-state index contributed by atoms with van der Waals surface area (Å²) in [5.74, 6) is -0.0667. The highest BCUT2D eigenvalue weighted by molar-refractivity contribution is 5.84. The zero-order valence-corrected chi connectivity index (χ0v) is 12.3. The Labute approximate surface area is 121 Å². The van der Waals surface area contributed by atoms with Crippen molar-refractivity contribution in [2.45, 2.75) is 26.3 Å². The van der Waals surface area contributed by atoms with Gasteiger partial charge in [0.05, 0.1) is 31.1 Å². The van der Waals surface area contributed by atoms with E-state index in [0.29, 0.717) is 24.2 Å². The molecule has 1 fully saturated rings. The minimum atomic E-state index is -0.174. The predicted octanol–water partition coefficient (Wildman–Crippen LogP) is -0.0641. The third-order valence-electron chi connectivity index (χ3n) is 3.92. The van der Waals surface area contributed by atoms with Crippen molar-refractivity contribution in [3.63, 3.8) is 0 Å². The first-order valence-electron chi connectivity index (χ1n) is 6.89. The van der Waals surface area contributed by atoms with Crippen LogP contribution in [-0.4, -0.2) is 39.9 Å². The Hall–Kier alpha value is -2.15. The molecule has 0 aliphatic carbocycles. The fourth-order valence-electron chi connectivity index (χ4n) is 2.67. The molecule has 0 spiro atoms. The summed E-state index contributed by atoms with van der Waals surface area (Å²) in [7, 11) is 1.75. The molecule has 1 saturated heterocycles. The Morgan fingerprint density at radius 3 is 2.81 bits per heavy atom. The zero-order valence-electron chi connectivity index (χ0n) is 12.3. The molecular formula is C14H18N4O3. The fourth-order valence-corrected chi connectivity index (χ4v) is 2.67.